The Morgan fingerprint density at radius 2 is 1.75 bits per heavy atom. The minimum atomic E-state index is 0.365. The van der Waals surface area contributed by atoms with E-state index in [0.29, 0.717) is 32.2 Å². The molecule has 0 atom stereocenters. The molecule has 0 saturated heterocycles. The molecular formula is C14H13Cl4NO. The molecule has 20 heavy (non-hydrogen) atoms. The molecule has 108 valence electrons. The van der Waals surface area contributed by atoms with E-state index in [4.69, 9.17) is 50.8 Å². The molecule has 0 radical (unpaired) electrons. The lowest BCUT2D eigenvalue weighted by atomic mass is 10.1. The summed E-state index contributed by atoms with van der Waals surface area (Å²) in [6.45, 7) is 3.59. The summed E-state index contributed by atoms with van der Waals surface area (Å²) in [7, 11) is 0. The number of benzene rings is 1. The SMILES string of the molecule is CCCNCc1occc1-c1c(Cl)c(Cl)cc(Cl)c1Cl. The molecule has 0 unspecified atom stereocenters. The second-order valence-electron chi connectivity index (χ2n) is 4.28. The Morgan fingerprint density at radius 3 is 2.35 bits per heavy atom. The number of hydrogen-bond acceptors (Lipinski definition) is 2. The fourth-order valence-corrected chi connectivity index (χ4v) is 2.90. The lowest BCUT2D eigenvalue weighted by Gasteiger charge is -2.11. The maximum absolute atomic E-state index is 6.26. The Hall–Kier alpha value is -0.380. The van der Waals surface area contributed by atoms with Crippen LogP contribution in [-0.4, -0.2) is 6.54 Å². The molecular weight excluding hydrogens is 340 g/mol. The van der Waals surface area contributed by atoms with E-state index in [-0.39, 0.29) is 0 Å². The lowest BCUT2D eigenvalue weighted by Crippen LogP contribution is -2.13. The normalized spacial score (nSPS) is 11.1. The first-order valence-corrected chi connectivity index (χ1v) is 7.67. The molecule has 0 aliphatic rings. The van der Waals surface area contributed by atoms with Crippen LogP contribution in [0.4, 0.5) is 0 Å². The molecule has 0 aliphatic heterocycles. The summed E-state index contributed by atoms with van der Waals surface area (Å²) in [6, 6.07) is 3.34. The van der Waals surface area contributed by atoms with Crippen molar-refractivity contribution in [1.29, 1.82) is 0 Å². The number of rotatable bonds is 5. The summed E-state index contributed by atoms with van der Waals surface area (Å²) in [5, 5.41) is 4.75. The van der Waals surface area contributed by atoms with Gasteiger partial charge in [0.25, 0.3) is 0 Å². The van der Waals surface area contributed by atoms with Crippen LogP contribution in [0.15, 0.2) is 22.8 Å². The number of nitrogens with one attached hydrogen (secondary N) is 1. The van der Waals surface area contributed by atoms with E-state index < -0.39 is 0 Å². The van der Waals surface area contributed by atoms with Gasteiger partial charge in [0.1, 0.15) is 5.76 Å². The third kappa shape index (κ3) is 3.26. The first kappa shape index (κ1) is 16.0. The average Bonchev–Trinajstić information content (AvgIpc) is 2.86. The summed E-state index contributed by atoms with van der Waals surface area (Å²) in [5.74, 6) is 0.751. The second-order valence-corrected chi connectivity index (χ2v) is 5.85. The van der Waals surface area contributed by atoms with Crippen molar-refractivity contribution in [3.8, 4) is 11.1 Å². The molecule has 1 heterocycles. The molecule has 2 nitrogen and oxygen atoms in total. The van der Waals surface area contributed by atoms with Crippen LogP contribution in [-0.2, 0) is 6.54 Å². The molecule has 0 amide bonds. The molecule has 0 saturated carbocycles. The average molecular weight is 353 g/mol. The maximum atomic E-state index is 6.26. The largest absolute Gasteiger partial charge is 0.467 e. The van der Waals surface area contributed by atoms with Crippen LogP contribution in [0, 0.1) is 0 Å². The predicted octanol–water partition coefficient (Wildman–Crippen LogP) is 6.06. The zero-order valence-corrected chi connectivity index (χ0v) is 13.8. The van der Waals surface area contributed by atoms with E-state index in [1.165, 1.54) is 6.07 Å². The van der Waals surface area contributed by atoms with Gasteiger partial charge in [0.15, 0.2) is 0 Å². The molecule has 0 bridgehead atoms. The monoisotopic (exact) mass is 351 g/mol. The highest BCUT2D eigenvalue weighted by Gasteiger charge is 2.19. The molecule has 2 aromatic rings. The molecule has 1 aromatic heterocycles. The lowest BCUT2D eigenvalue weighted by molar-refractivity contribution is 0.484. The molecule has 2 rings (SSSR count). The van der Waals surface area contributed by atoms with Crippen LogP contribution in [0.2, 0.25) is 20.1 Å². The molecule has 6 heteroatoms. The Bertz CT molecular complexity index is 583. The van der Waals surface area contributed by atoms with Crippen LogP contribution in [0.3, 0.4) is 0 Å². The van der Waals surface area contributed by atoms with Crippen LogP contribution in [0.25, 0.3) is 11.1 Å². The fraction of sp³-hybridized carbons (Fsp3) is 0.286. The van der Waals surface area contributed by atoms with E-state index in [2.05, 4.69) is 12.2 Å². The minimum Gasteiger partial charge on any atom is -0.467 e. The number of furan rings is 1. The van der Waals surface area contributed by atoms with Crippen LogP contribution in [0.5, 0.6) is 0 Å². The van der Waals surface area contributed by atoms with Gasteiger partial charge in [-0.1, -0.05) is 53.3 Å². The summed E-state index contributed by atoms with van der Waals surface area (Å²) >= 11 is 24.6. The van der Waals surface area contributed by atoms with Crippen molar-refractivity contribution >= 4 is 46.4 Å². The van der Waals surface area contributed by atoms with E-state index in [9.17, 15) is 0 Å². The summed E-state index contributed by atoms with van der Waals surface area (Å²) < 4.78 is 5.49. The van der Waals surface area contributed by atoms with Gasteiger partial charge in [-0.25, -0.2) is 0 Å². The van der Waals surface area contributed by atoms with Crippen LogP contribution < -0.4 is 5.32 Å². The first-order valence-electron chi connectivity index (χ1n) is 6.16. The zero-order chi connectivity index (χ0) is 14.7. The van der Waals surface area contributed by atoms with Gasteiger partial charge >= 0.3 is 0 Å². The quantitative estimate of drug-likeness (QED) is 0.522. The zero-order valence-electron chi connectivity index (χ0n) is 10.8. The Balaban J connectivity index is 2.45. The summed E-state index contributed by atoms with van der Waals surface area (Å²) in [6.07, 6.45) is 2.64. The van der Waals surface area contributed by atoms with E-state index >= 15 is 0 Å². The first-order chi connectivity index (χ1) is 9.56. The maximum Gasteiger partial charge on any atom is 0.125 e. The van der Waals surface area contributed by atoms with Gasteiger partial charge in [0, 0.05) is 11.1 Å². The van der Waals surface area contributed by atoms with Crippen LogP contribution >= 0.6 is 46.4 Å². The smallest absolute Gasteiger partial charge is 0.125 e. The standard InChI is InChI=1S/C14H13Cl4NO/c1-2-4-19-7-11-8(3-5-20-11)12-13(17)9(15)6-10(16)14(12)18/h3,5-6,19H,2,4,7H2,1H3. The summed E-state index contributed by atoms with van der Waals surface area (Å²) in [5.41, 5.74) is 1.40. The molecule has 0 spiro atoms. The van der Waals surface area contributed by atoms with Crippen molar-refractivity contribution in [2.45, 2.75) is 19.9 Å². The van der Waals surface area contributed by atoms with Gasteiger partial charge in [-0.3, -0.25) is 0 Å². The highest BCUT2D eigenvalue weighted by Crippen LogP contribution is 2.44. The van der Waals surface area contributed by atoms with Gasteiger partial charge in [-0.05, 0) is 25.1 Å². The van der Waals surface area contributed by atoms with Crippen molar-refractivity contribution in [3.05, 3.63) is 44.2 Å². The van der Waals surface area contributed by atoms with Gasteiger partial charge < -0.3 is 9.73 Å². The van der Waals surface area contributed by atoms with Gasteiger partial charge in [0.2, 0.25) is 0 Å². The van der Waals surface area contributed by atoms with Crippen molar-refractivity contribution in [3.63, 3.8) is 0 Å². The third-order valence-corrected chi connectivity index (χ3v) is 4.41. The van der Waals surface area contributed by atoms with E-state index in [1.54, 1.807) is 6.26 Å². The van der Waals surface area contributed by atoms with Crippen molar-refractivity contribution < 1.29 is 4.42 Å². The van der Waals surface area contributed by atoms with Crippen molar-refractivity contribution in [1.82, 2.24) is 5.32 Å². The third-order valence-electron chi connectivity index (χ3n) is 2.84. The fourth-order valence-electron chi connectivity index (χ4n) is 1.89. The molecule has 0 aliphatic carbocycles. The minimum absolute atomic E-state index is 0.365. The van der Waals surface area contributed by atoms with E-state index in [1.807, 2.05) is 6.07 Å². The Labute approximate surface area is 138 Å². The summed E-state index contributed by atoms with van der Waals surface area (Å²) in [4.78, 5) is 0. The topological polar surface area (TPSA) is 25.2 Å². The van der Waals surface area contributed by atoms with Gasteiger partial charge in [-0.15, -0.1) is 0 Å². The van der Waals surface area contributed by atoms with Crippen molar-refractivity contribution in [2.24, 2.45) is 0 Å². The second kappa shape index (κ2) is 7.06. The molecule has 1 aromatic carbocycles. The van der Waals surface area contributed by atoms with E-state index in [0.717, 1.165) is 24.3 Å². The highest BCUT2D eigenvalue weighted by atomic mass is 35.5. The van der Waals surface area contributed by atoms with Crippen molar-refractivity contribution in [2.75, 3.05) is 6.54 Å². The Morgan fingerprint density at radius 1 is 1.10 bits per heavy atom. The highest BCUT2D eigenvalue weighted by molar-refractivity contribution is 6.50. The van der Waals surface area contributed by atoms with Gasteiger partial charge in [-0.2, -0.15) is 0 Å². The number of halogens is 4. The van der Waals surface area contributed by atoms with Crippen LogP contribution in [0.1, 0.15) is 19.1 Å². The predicted molar refractivity (Wildman–Crippen MR) is 86.2 cm³/mol. The number of hydrogen-bond donors (Lipinski definition) is 1. The molecule has 0 fully saturated rings. The van der Waals surface area contributed by atoms with Gasteiger partial charge in [0.05, 0.1) is 32.9 Å². The Kier molecular flexibility index (Phi) is 5.65. The molecule has 1 N–H and O–H groups in total.